The molecule has 6 rings (SSSR count). The lowest BCUT2D eigenvalue weighted by molar-refractivity contribution is 0.862. The van der Waals surface area contributed by atoms with Gasteiger partial charge in [0.15, 0.2) is 10.9 Å². The summed E-state index contributed by atoms with van der Waals surface area (Å²) in [5, 5.41) is 2.51. The fraction of sp³-hybridized carbons (Fsp3) is 0.0968. The number of aromatic nitrogens is 2. The van der Waals surface area contributed by atoms with E-state index in [1.54, 1.807) is 0 Å². The molecule has 170 valence electrons. The summed E-state index contributed by atoms with van der Waals surface area (Å²) in [6.07, 6.45) is 1.82. The third-order valence-electron chi connectivity index (χ3n) is 6.85. The molecule has 0 saturated heterocycles. The van der Waals surface area contributed by atoms with Crippen molar-refractivity contribution in [2.24, 2.45) is 0 Å². The van der Waals surface area contributed by atoms with Gasteiger partial charge < -0.3 is 9.55 Å². The SMILES string of the molecule is C=Cc1ccc(Cn2c3ccc(C)cc3c(=O)c3cc4[nH]c5ccc(C)cc5c(=O)c4cc32)cc1. The first-order chi connectivity index (χ1) is 16.9. The molecule has 0 bridgehead atoms. The van der Waals surface area contributed by atoms with Crippen LogP contribution in [0.4, 0.5) is 0 Å². The number of aromatic amines is 1. The van der Waals surface area contributed by atoms with E-state index in [0.717, 1.165) is 38.8 Å². The Morgan fingerprint density at radius 3 is 2.09 bits per heavy atom. The smallest absolute Gasteiger partial charge is 0.197 e. The van der Waals surface area contributed by atoms with Gasteiger partial charge in [-0.15, -0.1) is 0 Å². The Morgan fingerprint density at radius 1 is 0.714 bits per heavy atom. The van der Waals surface area contributed by atoms with Crippen molar-refractivity contribution in [2.45, 2.75) is 20.4 Å². The molecule has 0 spiro atoms. The molecule has 0 aliphatic carbocycles. The van der Waals surface area contributed by atoms with Crippen molar-refractivity contribution >= 4 is 49.7 Å². The average Bonchev–Trinajstić information content (AvgIpc) is 2.87. The molecule has 0 aliphatic heterocycles. The molecule has 2 aromatic heterocycles. The second-order valence-corrected chi connectivity index (χ2v) is 9.30. The summed E-state index contributed by atoms with van der Waals surface area (Å²) in [7, 11) is 0. The molecule has 0 unspecified atom stereocenters. The highest BCUT2D eigenvalue weighted by molar-refractivity contribution is 6.03. The largest absolute Gasteiger partial charge is 0.354 e. The topological polar surface area (TPSA) is 54.9 Å². The molecule has 0 saturated carbocycles. The zero-order valence-corrected chi connectivity index (χ0v) is 19.7. The quantitative estimate of drug-likeness (QED) is 0.311. The number of aryl methyl sites for hydroxylation is 2. The van der Waals surface area contributed by atoms with Crippen LogP contribution in [0.2, 0.25) is 0 Å². The van der Waals surface area contributed by atoms with Gasteiger partial charge in [-0.25, -0.2) is 0 Å². The van der Waals surface area contributed by atoms with Crippen LogP contribution in [0, 0.1) is 13.8 Å². The van der Waals surface area contributed by atoms with Crippen molar-refractivity contribution < 1.29 is 0 Å². The minimum absolute atomic E-state index is 0.0243. The lowest BCUT2D eigenvalue weighted by Gasteiger charge is -2.17. The van der Waals surface area contributed by atoms with Crippen molar-refractivity contribution in [3.05, 3.63) is 122 Å². The Morgan fingerprint density at radius 2 is 1.34 bits per heavy atom. The molecule has 35 heavy (non-hydrogen) atoms. The van der Waals surface area contributed by atoms with Crippen LogP contribution in [-0.4, -0.2) is 9.55 Å². The number of hydrogen-bond donors (Lipinski definition) is 1. The maximum Gasteiger partial charge on any atom is 0.197 e. The standard InChI is InChI=1S/C31H24N2O2/c1-4-20-7-9-21(10-8-20)17-33-28-12-6-19(3)14-24(28)31(35)25-15-27-23(16-29(25)33)30(34)22-13-18(2)5-11-26(22)32-27/h4-16H,1,17H2,2-3H3,(H,32,34). The van der Waals surface area contributed by atoms with E-state index < -0.39 is 0 Å². The third kappa shape index (κ3) is 3.38. The first-order valence-corrected chi connectivity index (χ1v) is 11.7. The van der Waals surface area contributed by atoms with Gasteiger partial charge in [0.25, 0.3) is 0 Å². The summed E-state index contributed by atoms with van der Waals surface area (Å²) in [5.41, 5.74) is 7.22. The molecule has 2 heterocycles. The number of nitrogens with zero attached hydrogens (tertiary/aromatic N) is 1. The van der Waals surface area contributed by atoms with Crippen molar-refractivity contribution in [3.63, 3.8) is 0 Å². The Labute approximate surface area is 201 Å². The number of fused-ring (bicyclic) bond motifs is 4. The van der Waals surface area contributed by atoms with Crippen LogP contribution in [0.3, 0.4) is 0 Å². The predicted molar refractivity (Wildman–Crippen MR) is 146 cm³/mol. The minimum atomic E-state index is -0.0299. The maximum absolute atomic E-state index is 13.6. The van der Waals surface area contributed by atoms with E-state index in [-0.39, 0.29) is 10.9 Å². The van der Waals surface area contributed by atoms with Crippen LogP contribution in [-0.2, 0) is 6.54 Å². The van der Waals surface area contributed by atoms with Gasteiger partial charge in [0.2, 0.25) is 0 Å². The second-order valence-electron chi connectivity index (χ2n) is 9.30. The maximum atomic E-state index is 13.6. The van der Waals surface area contributed by atoms with Crippen LogP contribution in [0.15, 0.2) is 89.0 Å². The van der Waals surface area contributed by atoms with Crippen molar-refractivity contribution in [1.82, 2.24) is 9.55 Å². The fourth-order valence-corrected chi connectivity index (χ4v) is 4.98. The van der Waals surface area contributed by atoms with Crippen molar-refractivity contribution in [3.8, 4) is 0 Å². The zero-order valence-electron chi connectivity index (χ0n) is 19.7. The predicted octanol–water partition coefficient (Wildman–Crippen LogP) is 6.46. The van der Waals surface area contributed by atoms with Gasteiger partial charge in [0.1, 0.15) is 0 Å². The van der Waals surface area contributed by atoms with Crippen LogP contribution in [0.5, 0.6) is 0 Å². The van der Waals surface area contributed by atoms with Crippen molar-refractivity contribution in [1.29, 1.82) is 0 Å². The minimum Gasteiger partial charge on any atom is -0.354 e. The van der Waals surface area contributed by atoms with Gasteiger partial charge in [0, 0.05) is 33.6 Å². The molecule has 0 radical (unpaired) electrons. The molecule has 6 aromatic rings. The summed E-state index contributed by atoms with van der Waals surface area (Å²) in [6, 6.07) is 23.7. The van der Waals surface area contributed by atoms with E-state index in [0.29, 0.717) is 33.6 Å². The summed E-state index contributed by atoms with van der Waals surface area (Å²) < 4.78 is 2.15. The Bertz CT molecular complexity index is 1940. The molecular weight excluding hydrogens is 432 g/mol. The Kier molecular flexibility index (Phi) is 4.71. The fourth-order valence-electron chi connectivity index (χ4n) is 4.98. The highest BCUT2D eigenvalue weighted by atomic mass is 16.1. The summed E-state index contributed by atoms with van der Waals surface area (Å²) in [6.45, 7) is 8.38. The zero-order chi connectivity index (χ0) is 24.3. The van der Waals surface area contributed by atoms with E-state index in [9.17, 15) is 9.59 Å². The first-order valence-electron chi connectivity index (χ1n) is 11.7. The molecule has 4 aromatic carbocycles. The molecule has 0 atom stereocenters. The summed E-state index contributed by atoms with van der Waals surface area (Å²) in [4.78, 5) is 30.5. The van der Waals surface area contributed by atoms with Gasteiger partial charge in [-0.1, -0.05) is 60.2 Å². The summed E-state index contributed by atoms with van der Waals surface area (Å²) in [5.74, 6) is 0. The average molecular weight is 457 g/mol. The van der Waals surface area contributed by atoms with Crippen molar-refractivity contribution in [2.75, 3.05) is 0 Å². The lowest BCUT2D eigenvalue weighted by atomic mass is 10.0. The molecule has 0 aliphatic rings. The number of rotatable bonds is 3. The third-order valence-corrected chi connectivity index (χ3v) is 6.85. The van der Waals surface area contributed by atoms with Gasteiger partial charge >= 0.3 is 0 Å². The summed E-state index contributed by atoms with van der Waals surface area (Å²) >= 11 is 0. The first kappa shape index (κ1) is 21.1. The number of nitrogens with one attached hydrogen (secondary N) is 1. The second kappa shape index (κ2) is 7.81. The van der Waals surface area contributed by atoms with Crippen LogP contribution in [0.25, 0.3) is 49.7 Å². The van der Waals surface area contributed by atoms with Gasteiger partial charge in [0.05, 0.1) is 16.6 Å². The van der Waals surface area contributed by atoms with E-state index in [4.69, 9.17) is 0 Å². The monoisotopic (exact) mass is 456 g/mol. The highest BCUT2D eigenvalue weighted by Crippen LogP contribution is 2.26. The molecule has 1 N–H and O–H groups in total. The molecule has 0 fully saturated rings. The normalized spacial score (nSPS) is 11.6. The van der Waals surface area contributed by atoms with Gasteiger partial charge in [-0.2, -0.15) is 0 Å². The van der Waals surface area contributed by atoms with Gasteiger partial charge in [-0.05, 0) is 61.4 Å². The number of H-pyrrole nitrogens is 1. The molecule has 4 heteroatoms. The van der Waals surface area contributed by atoms with Crippen LogP contribution in [0.1, 0.15) is 22.3 Å². The van der Waals surface area contributed by atoms with E-state index in [1.165, 1.54) is 0 Å². The highest BCUT2D eigenvalue weighted by Gasteiger charge is 2.15. The number of hydrogen-bond acceptors (Lipinski definition) is 2. The van der Waals surface area contributed by atoms with E-state index >= 15 is 0 Å². The lowest BCUT2D eigenvalue weighted by Crippen LogP contribution is -2.14. The van der Waals surface area contributed by atoms with E-state index in [2.05, 4.69) is 28.3 Å². The van der Waals surface area contributed by atoms with E-state index in [1.807, 2.05) is 80.6 Å². The molecule has 4 nitrogen and oxygen atoms in total. The van der Waals surface area contributed by atoms with Gasteiger partial charge in [-0.3, -0.25) is 9.59 Å². The Hall–Kier alpha value is -4.44. The Balaban J connectivity index is 1.73. The number of benzene rings is 4. The molecule has 0 amide bonds. The van der Waals surface area contributed by atoms with Crippen LogP contribution < -0.4 is 10.9 Å². The number of pyridine rings is 2. The molecular formula is C31H24N2O2. The van der Waals surface area contributed by atoms with Crippen LogP contribution >= 0.6 is 0 Å².